The van der Waals surface area contributed by atoms with Gasteiger partial charge in [-0.25, -0.2) is 24.2 Å². The highest BCUT2D eigenvalue weighted by atomic mass is 19.1. The van der Waals surface area contributed by atoms with Crippen molar-refractivity contribution in [1.29, 1.82) is 0 Å². The van der Waals surface area contributed by atoms with Crippen LogP contribution in [0.5, 0.6) is 0 Å². The van der Waals surface area contributed by atoms with Gasteiger partial charge in [0.05, 0.1) is 30.4 Å². The summed E-state index contributed by atoms with van der Waals surface area (Å²) in [6, 6.07) is 7.86. The molecule has 2 aromatic heterocycles. The lowest BCUT2D eigenvalue weighted by Gasteiger charge is -2.35. The SMILES string of the molecule is CCc1c(Nc2cc(N3NC(C)C(C(=O)N4CC(F)C4)=C3C)ncn2)nn(C)c1-c1ccc(F)cc1. The number of likely N-dealkylation sites (tertiary alicyclic amines) is 1. The summed E-state index contributed by atoms with van der Waals surface area (Å²) in [5, 5.41) is 9.68. The number of alkyl halides is 1. The number of carbonyl (C=O) groups excluding carboxylic acids is 1. The number of aryl methyl sites for hydroxylation is 1. The van der Waals surface area contributed by atoms with Gasteiger partial charge >= 0.3 is 0 Å². The molecule has 1 aromatic carbocycles. The van der Waals surface area contributed by atoms with Gasteiger partial charge in [-0.15, -0.1) is 0 Å². The van der Waals surface area contributed by atoms with Gasteiger partial charge in [0.25, 0.3) is 5.91 Å². The maximum Gasteiger partial charge on any atom is 0.253 e. The van der Waals surface area contributed by atoms with Crippen LogP contribution in [0.25, 0.3) is 11.3 Å². The minimum atomic E-state index is -0.950. The zero-order valence-electron chi connectivity index (χ0n) is 20.6. The number of halogens is 2. The fourth-order valence-corrected chi connectivity index (χ4v) is 4.76. The van der Waals surface area contributed by atoms with E-state index < -0.39 is 6.17 Å². The van der Waals surface area contributed by atoms with Crippen molar-refractivity contribution in [3.05, 3.63) is 59.3 Å². The van der Waals surface area contributed by atoms with Crippen LogP contribution in [-0.2, 0) is 18.3 Å². The summed E-state index contributed by atoms with van der Waals surface area (Å²) in [5.41, 5.74) is 7.31. The van der Waals surface area contributed by atoms with Gasteiger partial charge in [0, 0.05) is 29.9 Å². The largest absolute Gasteiger partial charge is 0.333 e. The summed E-state index contributed by atoms with van der Waals surface area (Å²) in [4.78, 5) is 23.1. The highest BCUT2D eigenvalue weighted by molar-refractivity contribution is 5.97. The Bertz CT molecular complexity index is 1330. The molecule has 36 heavy (non-hydrogen) atoms. The van der Waals surface area contributed by atoms with Gasteiger partial charge in [-0.1, -0.05) is 6.92 Å². The molecule has 0 spiro atoms. The maximum atomic E-state index is 13.4. The standard InChI is InChI=1S/C25H28F2N8O/c1-5-19-23(16-6-8-17(26)9-7-16)33(4)32-24(19)30-20-10-21(29-13-28-20)35-15(3)22(14(2)31-35)25(36)34-11-18(27)12-34/h6-10,13-14,18,31H,5,11-12H2,1-4H3,(H,28,29,30,32). The molecule has 0 saturated carbocycles. The van der Waals surface area contributed by atoms with Crippen LogP contribution in [0.2, 0.25) is 0 Å². The van der Waals surface area contributed by atoms with Crippen LogP contribution in [0, 0.1) is 5.82 Å². The van der Waals surface area contributed by atoms with Crippen molar-refractivity contribution in [3.63, 3.8) is 0 Å². The van der Waals surface area contributed by atoms with Crippen molar-refractivity contribution in [3.8, 4) is 11.3 Å². The summed E-state index contributed by atoms with van der Waals surface area (Å²) in [6.45, 7) is 6.03. The first-order chi connectivity index (χ1) is 17.3. The minimum Gasteiger partial charge on any atom is -0.333 e. The lowest BCUT2D eigenvalue weighted by Crippen LogP contribution is -2.52. The molecule has 9 nitrogen and oxygen atoms in total. The van der Waals surface area contributed by atoms with E-state index in [1.54, 1.807) is 27.9 Å². The molecule has 2 N–H and O–H groups in total. The Morgan fingerprint density at radius 2 is 1.94 bits per heavy atom. The maximum absolute atomic E-state index is 13.4. The van der Waals surface area contributed by atoms with Crippen LogP contribution in [0.4, 0.5) is 26.2 Å². The van der Waals surface area contributed by atoms with E-state index in [1.807, 2.05) is 27.8 Å². The molecule has 2 aliphatic rings. The Morgan fingerprint density at radius 3 is 2.61 bits per heavy atom. The van der Waals surface area contributed by atoms with Gasteiger partial charge in [0.15, 0.2) is 11.6 Å². The average molecular weight is 495 g/mol. The van der Waals surface area contributed by atoms with Crippen molar-refractivity contribution in [1.82, 2.24) is 30.1 Å². The van der Waals surface area contributed by atoms with Gasteiger partial charge < -0.3 is 10.2 Å². The summed E-state index contributed by atoms with van der Waals surface area (Å²) in [5.74, 6) is 1.28. The molecule has 0 aliphatic carbocycles. The Balaban J connectivity index is 1.41. The van der Waals surface area contributed by atoms with Crippen LogP contribution in [-0.4, -0.2) is 55.9 Å². The van der Waals surface area contributed by atoms with Gasteiger partial charge in [-0.3, -0.25) is 14.5 Å². The number of rotatable bonds is 6. The first-order valence-corrected chi connectivity index (χ1v) is 11.9. The Kier molecular flexibility index (Phi) is 6.17. The van der Waals surface area contributed by atoms with Crippen molar-refractivity contribution in [2.45, 2.75) is 39.4 Å². The number of anilines is 3. The molecule has 0 radical (unpaired) electrons. The van der Waals surface area contributed by atoms with Gasteiger partial charge in [-0.05, 0) is 44.5 Å². The second-order valence-electron chi connectivity index (χ2n) is 9.04. The lowest BCUT2D eigenvalue weighted by atomic mass is 10.0. The van der Waals surface area contributed by atoms with E-state index in [2.05, 4.69) is 25.8 Å². The third-order valence-corrected chi connectivity index (χ3v) is 6.58. The molecule has 1 amide bonds. The zero-order valence-corrected chi connectivity index (χ0v) is 20.6. The van der Waals surface area contributed by atoms with E-state index in [0.717, 1.165) is 16.8 Å². The summed E-state index contributed by atoms with van der Waals surface area (Å²) in [6.07, 6.45) is 1.19. The third-order valence-electron chi connectivity index (χ3n) is 6.58. The number of amides is 1. The minimum absolute atomic E-state index is 0.133. The zero-order chi connectivity index (χ0) is 25.6. The van der Waals surface area contributed by atoms with Crippen LogP contribution in [0.3, 0.4) is 0 Å². The third kappa shape index (κ3) is 4.19. The molecule has 1 saturated heterocycles. The molecule has 1 atom stereocenters. The van der Waals surface area contributed by atoms with E-state index in [9.17, 15) is 13.6 Å². The quantitative estimate of drug-likeness (QED) is 0.542. The molecular weight excluding hydrogens is 466 g/mol. The fraction of sp³-hybridized carbons (Fsp3) is 0.360. The number of benzene rings is 1. The Hall–Kier alpha value is -3.86. The highest BCUT2D eigenvalue weighted by Gasteiger charge is 2.38. The van der Waals surface area contributed by atoms with Crippen LogP contribution in [0.15, 0.2) is 47.9 Å². The molecular formula is C25H28F2N8O. The predicted molar refractivity (Wildman–Crippen MR) is 133 cm³/mol. The average Bonchev–Trinajstić information content (AvgIpc) is 3.31. The van der Waals surface area contributed by atoms with E-state index in [-0.39, 0.29) is 30.9 Å². The molecule has 1 fully saturated rings. The number of nitrogens with one attached hydrogen (secondary N) is 2. The number of hydrogen-bond acceptors (Lipinski definition) is 7. The van der Waals surface area contributed by atoms with Crippen LogP contribution < -0.4 is 15.8 Å². The summed E-state index contributed by atoms with van der Waals surface area (Å²) < 4.78 is 28.5. The van der Waals surface area contributed by atoms with E-state index in [0.29, 0.717) is 35.1 Å². The molecule has 188 valence electrons. The van der Waals surface area contributed by atoms with E-state index in [1.165, 1.54) is 23.4 Å². The highest BCUT2D eigenvalue weighted by Crippen LogP contribution is 2.32. The van der Waals surface area contributed by atoms with Gasteiger partial charge in [0.2, 0.25) is 0 Å². The Morgan fingerprint density at radius 1 is 1.22 bits per heavy atom. The number of allylic oxidation sites excluding steroid dienone is 1. The number of hydrazine groups is 1. The Labute approximate surface area is 207 Å². The molecule has 1 unspecified atom stereocenters. The number of aromatic nitrogens is 4. The van der Waals surface area contributed by atoms with Gasteiger partial charge in [0.1, 0.15) is 24.1 Å². The molecule has 3 aromatic rings. The topological polar surface area (TPSA) is 91.2 Å². The van der Waals surface area contributed by atoms with Crippen molar-refractivity contribution in [2.24, 2.45) is 7.05 Å². The molecule has 11 heteroatoms. The lowest BCUT2D eigenvalue weighted by molar-refractivity contribution is -0.134. The predicted octanol–water partition coefficient (Wildman–Crippen LogP) is 3.49. The molecule has 0 bridgehead atoms. The van der Waals surface area contributed by atoms with Crippen molar-refractivity contribution in [2.75, 3.05) is 23.4 Å². The second-order valence-corrected chi connectivity index (χ2v) is 9.04. The number of nitrogens with zero attached hydrogens (tertiary/aromatic N) is 6. The fourth-order valence-electron chi connectivity index (χ4n) is 4.76. The molecule has 4 heterocycles. The first-order valence-electron chi connectivity index (χ1n) is 11.9. The number of carbonyl (C=O) groups is 1. The van der Waals surface area contributed by atoms with Crippen LogP contribution in [0.1, 0.15) is 26.3 Å². The monoisotopic (exact) mass is 494 g/mol. The number of hydrogen-bond donors (Lipinski definition) is 2. The van der Waals surface area contributed by atoms with E-state index in [4.69, 9.17) is 0 Å². The van der Waals surface area contributed by atoms with Crippen molar-refractivity contribution >= 4 is 23.4 Å². The first kappa shape index (κ1) is 23.9. The second kappa shape index (κ2) is 9.30. The molecule has 5 rings (SSSR count). The van der Waals surface area contributed by atoms with Crippen LogP contribution >= 0.6 is 0 Å². The summed E-state index contributed by atoms with van der Waals surface area (Å²) in [7, 11) is 1.85. The van der Waals surface area contributed by atoms with E-state index >= 15 is 0 Å². The van der Waals surface area contributed by atoms with Crippen molar-refractivity contribution < 1.29 is 13.6 Å². The summed E-state index contributed by atoms with van der Waals surface area (Å²) >= 11 is 0. The molecule has 2 aliphatic heterocycles. The smallest absolute Gasteiger partial charge is 0.253 e. The normalized spacial score (nSPS) is 18.1. The van der Waals surface area contributed by atoms with Gasteiger partial charge in [-0.2, -0.15) is 5.10 Å².